The Hall–Kier alpha value is -1.42. The Morgan fingerprint density at radius 2 is 1.96 bits per heavy atom. The van der Waals surface area contributed by atoms with E-state index in [4.69, 9.17) is 32.7 Å². The molecule has 2 aromatic rings. The minimum Gasteiger partial charge on any atom is -0.490 e. The van der Waals surface area contributed by atoms with Crippen molar-refractivity contribution in [1.29, 1.82) is 0 Å². The fourth-order valence-corrected chi connectivity index (χ4v) is 4.36. The third kappa shape index (κ3) is 5.14. The van der Waals surface area contributed by atoms with Crippen molar-refractivity contribution in [1.82, 2.24) is 5.32 Å². The number of carbonyl (C=O) groups is 2. The van der Waals surface area contributed by atoms with Crippen LogP contribution in [0.2, 0.25) is 10.0 Å². The summed E-state index contributed by atoms with van der Waals surface area (Å²) in [6, 6.07) is 8.85. The minimum atomic E-state index is -0.402. The smallest absolute Gasteiger partial charge is 0.290 e. The molecule has 0 aliphatic carbocycles. The molecule has 2 amide bonds. The van der Waals surface area contributed by atoms with E-state index in [1.165, 1.54) is 0 Å². The van der Waals surface area contributed by atoms with Crippen LogP contribution in [0.25, 0.3) is 6.08 Å². The maximum absolute atomic E-state index is 11.8. The van der Waals surface area contributed by atoms with Gasteiger partial charge in [0.2, 0.25) is 0 Å². The lowest BCUT2D eigenvalue weighted by Gasteiger charge is -2.15. The predicted octanol–water partition coefficient (Wildman–Crippen LogP) is 5.90. The Bertz CT molecular complexity index is 981. The molecule has 0 radical (unpaired) electrons. The van der Waals surface area contributed by atoms with E-state index in [0.29, 0.717) is 33.1 Å². The third-order valence-corrected chi connectivity index (χ3v) is 5.86. The number of nitrogens with one attached hydrogen (secondary N) is 1. The molecule has 0 atom stereocenters. The first-order valence-electron chi connectivity index (χ1n) is 8.15. The van der Waals surface area contributed by atoms with Gasteiger partial charge in [0.05, 0.1) is 15.1 Å². The van der Waals surface area contributed by atoms with Crippen molar-refractivity contribution in [2.75, 3.05) is 6.61 Å². The Balaban J connectivity index is 1.87. The molecule has 1 fully saturated rings. The molecule has 5 nitrogen and oxygen atoms in total. The molecule has 1 heterocycles. The van der Waals surface area contributed by atoms with Crippen LogP contribution in [-0.4, -0.2) is 17.8 Å². The lowest BCUT2D eigenvalue weighted by Crippen LogP contribution is -2.17. The van der Waals surface area contributed by atoms with E-state index in [1.807, 2.05) is 19.1 Å². The Kier molecular flexibility index (Phi) is 7.14. The number of rotatable bonds is 6. The number of ether oxygens (including phenoxy) is 2. The molecule has 1 aliphatic rings. The molecule has 1 N–H and O–H groups in total. The maximum Gasteiger partial charge on any atom is 0.290 e. The highest BCUT2D eigenvalue weighted by Crippen LogP contribution is 2.37. The Morgan fingerprint density at radius 3 is 2.61 bits per heavy atom. The second kappa shape index (κ2) is 9.39. The van der Waals surface area contributed by atoms with Gasteiger partial charge in [0.25, 0.3) is 11.1 Å². The van der Waals surface area contributed by atoms with E-state index in [1.54, 1.807) is 24.3 Å². The monoisotopic (exact) mass is 549 g/mol. The van der Waals surface area contributed by atoms with E-state index < -0.39 is 5.91 Å². The highest BCUT2D eigenvalue weighted by molar-refractivity contribution is 14.1. The number of thioether (sulfide) groups is 1. The topological polar surface area (TPSA) is 64.6 Å². The van der Waals surface area contributed by atoms with Gasteiger partial charge in [0, 0.05) is 15.6 Å². The molecule has 0 bridgehead atoms. The molecule has 2 aromatic carbocycles. The van der Waals surface area contributed by atoms with E-state index >= 15 is 0 Å². The van der Waals surface area contributed by atoms with Gasteiger partial charge in [-0.05, 0) is 77.2 Å². The average molecular weight is 550 g/mol. The van der Waals surface area contributed by atoms with Crippen LogP contribution in [0.1, 0.15) is 18.1 Å². The summed E-state index contributed by atoms with van der Waals surface area (Å²) in [5.41, 5.74) is 1.53. The van der Waals surface area contributed by atoms with Crippen molar-refractivity contribution in [3.63, 3.8) is 0 Å². The summed E-state index contributed by atoms with van der Waals surface area (Å²) in [5.74, 6) is 0.719. The zero-order valence-corrected chi connectivity index (χ0v) is 19.0. The van der Waals surface area contributed by atoms with Crippen LogP contribution >= 0.6 is 57.6 Å². The van der Waals surface area contributed by atoms with Crippen molar-refractivity contribution in [2.24, 2.45) is 0 Å². The highest BCUT2D eigenvalue weighted by atomic mass is 127. The third-order valence-electron chi connectivity index (χ3n) is 3.66. The number of benzene rings is 2. The molecule has 0 unspecified atom stereocenters. The summed E-state index contributed by atoms with van der Waals surface area (Å²) in [6.45, 7) is 2.57. The standard InChI is InChI=1S/C19H14Cl2INO4S/c1-2-26-15-6-10(7-16-18(24)23-19(25)28-16)5-14(22)17(15)27-9-11-3-4-12(20)8-13(11)21/h3-8H,2,9H2,1H3,(H,23,24,25)/b16-7-. The molecule has 0 spiro atoms. The van der Waals surface area contributed by atoms with Crippen LogP contribution in [0, 0.1) is 3.57 Å². The van der Waals surface area contributed by atoms with E-state index in [-0.39, 0.29) is 11.8 Å². The SMILES string of the molecule is CCOc1cc(/C=C2\SC(=O)NC2=O)cc(I)c1OCc1ccc(Cl)cc1Cl. The molecular formula is C19H14Cl2INO4S. The molecule has 28 heavy (non-hydrogen) atoms. The lowest BCUT2D eigenvalue weighted by molar-refractivity contribution is -0.115. The van der Waals surface area contributed by atoms with Gasteiger partial charge < -0.3 is 9.47 Å². The Labute approximate surface area is 189 Å². The average Bonchev–Trinajstić information content (AvgIpc) is 2.93. The van der Waals surface area contributed by atoms with E-state index in [0.717, 1.165) is 26.5 Å². The summed E-state index contributed by atoms with van der Waals surface area (Å²) in [7, 11) is 0. The van der Waals surface area contributed by atoms with Crippen LogP contribution < -0.4 is 14.8 Å². The molecular weight excluding hydrogens is 536 g/mol. The van der Waals surface area contributed by atoms with Gasteiger partial charge in [0.1, 0.15) is 6.61 Å². The minimum absolute atomic E-state index is 0.249. The van der Waals surface area contributed by atoms with Gasteiger partial charge in [-0.3, -0.25) is 14.9 Å². The number of halogens is 3. The van der Waals surface area contributed by atoms with Gasteiger partial charge in [0.15, 0.2) is 11.5 Å². The van der Waals surface area contributed by atoms with Crippen molar-refractivity contribution >= 4 is 74.8 Å². The van der Waals surface area contributed by atoms with Crippen LogP contribution in [-0.2, 0) is 11.4 Å². The second-order valence-electron chi connectivity index (χ2n) is 5.64. The van der Waals surface area contributed by atoms with Crippen LogP contribution in [0.4, 0.5) is 4.79 Å². The number of carbonyl (C=O) groups excluding carboxylic acids is 2. The lowest BCUT2D eigenvalue weighted by atomic mass is 10.1. The number of hydrogen-bond acceptors (Lipinski definition) is 5. The van der Waals surface area contributed by atoms with E-state index in [9.17, 15) is 9.59 Å². The van der Waals surface area contributed by atoms with Crippen LogP contribution in [0.3, 0.4) is 0 Å². The molecule has 146 valence electrons. The van der Waals surface area contributed by atoms with Gasteiger partial charge >= 0.3 is 0 Å². The van der Waals surface area contributed by atoms with Gasteiger partial charge in [-0.25, -0.2) is 0 Å². The fraction of sp³-hybridized carbons (Fsp3) is 0.158. The van der Waals surface area contributed by atoms with Crippen LogP contribution in [0.5, 0.6) is 11.5 Å². The van der Waals surface area contributed by atoms with Crippen molar-refractivity contribution < 1.29 is 19.1 Å². The Morgan fingerprint density at radius 1 is 1.18 bits per heavy atom. The quantitative estimate of drug-likeness (QED) is 0.359. The molecule has 1 aliphatic heterocycles. The summed E-state index contributed by atoms with van der Waals surface area (Å²) >= 11 is 15.1. The maximum atomic E-state index is 11.8. The first-order valence-corrected chi connectivity index (χ1v) is 10.8. The number of hydrogen-bond donors (Lipinski definition) is 1. The summed E-state index contributed by atoms with van der Waals surface area (Å²) in [6.07, 6.45) is 1.65. The van der Waals surface area contributed by atoms with Crippen molar-refractivity contribution in [3.05, 3.63) is 60.0 Å². The van der Waals surface area contributed by atoms with Crippen molar-refractivity contribution in [2.45, 2.75) is 13.5 Å². The van der Waals surface area contributed by atoms with Crippen molar-refractivity contribution in [3.8, 4) is 11.5 Å². The largest absolute Gasteiger partial charge is 0.490 e. The number of amides is 2. The number of imide groups is 1. The van der Waals surface area contributed by atoms with Gasteiger partial charge in [-0.2, -0.15) is 0 Å². The zero-order valence-electron chi connectivity index (χ0n) is 14.6. The molecule has 3 rings (SSSR count). The summed E-state index contributed by atoms with van der Waals surface area (Å²) in [5, 5.41) is 2.94. The van der Waals surface area contributed by atoms with Gasteiger partial charge in [-0.15, -0.1) is 0 Å². The molecule has 0 aromatic heterocycles. The second-order valence-corrected chi connectivity index (χ2v) is 8.66. The molecule has 1 saturated heterocycles. The predicted molar refractivity (Wildman–Crippen MR) is 120 cm³/mol. The zero-order chi connectivity index (χ0) is 20.3. The van der Waals surface area contributed by atoms with Gasteiger partial charge in [-0.1, -0.05) is 29.3 Å². The molecule has 0 saturated carbocycles. The fourth-order valence-electron chi connectivity index (χ4n) is 2.44. The highest BCUT2D eigenvalue weighted by Gasteiger charge is 2.25. The van der Waals surface area contributed by atoms with Crippen LogP contribution in [0.15, 0.2) is 35.2 Å². The normalized spacial score (nSPS) is 15.1. The summed E-state index contributed by atoms with van der Waals surface area (Å²) in [4.78, 5) is 23.4. The summed E-state index contributed by atoms with van der Waals surface area (Å²) < 4.78 is 12.5. The molecule has 9 heteroatoms. The van der Waals surface area contributed by atoms with E-state index in [2.05, 4.69) is 27.9 Å². The first-order chi connectivity index (χ1) is 13.4. The first kappa shape index (κ1) is 21.3.